The van der Waals surface area contributed by atoms with Crippen LogP contribution in [0.5, 0.6) is 0 Å². The van der Waals surface area contributed by atoms with Crippen molar-refractivity contribution in [1.29, 1.82) is 0 Å². The van der Waals surface area contributed by atoms with Crippen LogP contribution in [0.4, 0.5) is 8.78 Å². The number of nitrogens with one attached hydrogen (secondary N) is 1. The van der Waals surface area contributed by atoms with Crippen LogP contribution in [0.15, 0.2) is 18.2 Å². The van der Waals surface area contributed by atoms with E-state index in [4.69, 9.17) is 4.74 Å². The van der Waals surface area contributed by atoms with Gasteiger partial charge in [-0.1, -0.05) is 6.92 Å². The van der Waals surface area contributed by atoms with Crippen LogP contribution in [0, 0.1) is 11.6 Å². The van der Waals surface area contributed by atoms with Crippen molar-refractivity contribution in [3.63, 3.8) is 0 Å². The summed E-state index contributed by atoms with van der Waals surface area (Å²) < 4.78 is 32.2. The fraction of sp³-hybridized carbons (Fsp3) is 0.571. The standard InChI is InChI=1S/C14H21F2NO/c1-4-17-14(10(3)18-5-2)9-11-8-12(15)6-7-13(11)16/h6-8,10,14,17H,4-5,9H2,1-3H3. The summed E-state index contributed by atoms with van der Waals surface area (Å²) in [5.41, 5.74) is 0.382. The molecule has 0 bridgehead atoms. The van der Waals surface area contributed by atoms with Crippen molar-refractivity contribution in [3.05, 3.63) is 35.4 Å². The molecule has 0 heterocycles. The summed E-state index contributed by atoms with van der Waals surface area (Å²) in [4.78, 5) is 0. The van der Waals surface area contributed by atoms with E-state index in [0.717, 1.165) is 12.6 Å². The van der Waals surface area contributed by atoms with Crippen molar-refractivity contribution in [2.75, 3.05) is 13.2 Å². The zero-order chi connectivity index (χ0) is 13.5. The Balaban J connectivity index is 2.78. The van der Waals surface area contributed by atoms with Crippen LogP contribution in [-0.4, -0.2) is 25.3 Å². The van der Waals surface area contributed by atoms with Crippen molar-refractivity contribution >= 4 is 0 Å². The molecule has 1 N–H and O–H groups in total. The first-order chi connectivity index (χ1) is 8.58. The molecular weight excluding hydrogens is 236 g/mol. The molecule has 0 aliphatic carbocycles. The number of rotatable bonds is 7. The monoisotopic (exact) mass is 257 g/mol. The van der Waals surface area contributed by atoms with Crippen molar-refractivity contribution in [2.24, 2.45) is 0 Å². The minimum absolute atomic E-state index is 0.0220. The first-order valence-corrected chi connectivity index (χ1v) is 6.37. The molecular formula is C14H21F2NO. The maximum Gasteiger partial charge on any atom is 0.126 e. The first-order valence-electron chi connectivity index (χ1n) is 6.37. The first kappa shape index (κ1) is 15.1. The quantitative estimate of drug-likeness (QED) is 0.811. The summed E-state index contributed by atoms with van der Waals surface area (Å²) in [6.45, 7) is 7.21. The van der Waals surface area contributed by atoms with E-state index >= 15 is 0 Å². The minimum atomic E-state index is -0.411. The molecule has 0 aliphatic heterocycles. The number of halogens is 2. The van der Waals surface area contributed by atoms with Gasteiger partial charge in [-0.05, 0) is 50.6 Å². The van der Waals surface area contributed by atoms with Gasteiger partial charge in [0.05, 0.1) is 6.10 Å². The Kier molecular flexibility index (Phi) is 6.22. The fourth-order valence-corrected chi connectivity index (χ4v) is 1.98. The van der Waals surface area contributed by atoms with E-state index in [1.807, 2.05) is 20.8 Å². The topological polar surface area (TPSA) is 21.3 Å². The summed E-state index contributed by atoms with van der Waals surface area (Å²) in [5, 5.41) is 3.25. The van der Waals surface area contributed by atoms with Crippen LogP contribution >= 0.6 is 0 Å². The van der Waals surface area contributed by atoms with Crippen LogP contribution in [0.3, 0.4) is 0 Å². The Hall–Kier alpha value is -1.00. The van der Waals surface area contributed by atoms with Gasteiger partial charge < -0.3 is 10.1 Å². The number of benzene rings is 1. The average molecular weight is 257 g/mol. The number of ether oxygens (including phenoxy) is 1. The van der Waals surface area contributed by atoms with Crippen LogP contribution < -0.4 is 5.32 Å². The third-order valence-corrected chi connectivity index (χ3v) is 2.91. The largest absolute Gasteiger partial charge is 0.377 e. The Morgan fingerprint density at radius 3 is 2.61 bits per heavy atom. The Bertz CT molecular complexity index is 371. The van der Waals surface area contributed by atoms with Gasteiger partial charge in [0.2, 0.25) is 0 Å². The molecule has 0 aromatic heterocycles. The SMILES string of the molecule is CCNC(Cc1cc(F)ccc1F)C(C)OCC. The molecule has 2 nitrogen and oxygen atoms in total. The highest BCUT2D eigenvalue weighted by molar-refractivity contribution is 5.20. The lowest BCUT2D eigenvalue weighted by molar-refractivity contribution is 0.0478. The lowest BCUT2D eigenvalue weighted by Crippen LogP contribution is -2.41. The molecule has 0 aliphatic rings. The normalized spacial score (nSPS) is 14.5. The second-order valence-electron chi connectivity index (χ2n) is 4.26. The van der Waals surface area contributed by atoms with E-state index in [9.17, 15) is 8.78 Å². The van der Waals surface area contributed by atoms with Gasteiger partial charge in [-0.15, -0.1) is 0 Å². The molecule has 0 fully saturated rings. The average Bonchev–Trinajstić information content (AvgIpc) is 2.33. The summed E-state index contributed by atoms with van der Waals surface area (Å²) in [7, 11) is 0. The molecule has 1 rings (SSSR count). The second-order valence-corrected chi connectivity index (χ2v) is 4.26. The van der Waals surface area contributed by atoms with Gasteiger partial charge in [-0.2, -0.15) is 0 Å². The highest BCUT2D eigenvalue weighted by Crippen LogP contribution is 2.14. The lowest BCUT2D eigenvalue weighted by Gasteiger charge is -2.25. The lowest BCUT2D eigenvalue weighted by atomic mass is 10.0. The molecule has 0 amide bonds. The van der Waals surface area contributed by atoms with E-state index in [0.29, 0.717) is 18.6 Å². The Morgan fingerprint density at radius 1 is 1.28 bits per heavy atom. The minimum Gasteiger partial charge on any atom is -0.377 e. The predicted molar refractivity (Wildman–Crippen MR) is 68.6 cm³/mol. The molecule has 0 radical (unpaired) electrons. The van der Waals surface area contributed by atoms with Crippen molar-refractivity contribution in [1.82, 2.24) is 5.32 Å². The zero-order valence-corrected chi connectivity index (χ0v) is 11.2. The van der Waals surface area contributed by atoms with Gasteiger partial charge >= 0.3 is 0 Å². The molecule has 102 valence electrons. The predicted octanol–water partition coefficient (Wildman–Crippen LogP) is 2.91. The summed E-state index contributed by atoms with van der Waals surface area (Å²) in [6.07, 6.45) is 0.371. The van der Waals surface area contributed by atoms with Crippen molar-refractivity contribution in [2.45, 2.75) is 39.3 Å². The third kappa shape index (κ3) is 4.35. The van der Waals surface area contributed by atoms with Crippen LogP contribution in [0.1, 0.15) is 26.3 Å². The third-order valence-electron chi connectivity index (χ3n) is 2.91. The summed E-state index contributed by atoms with van der Waals surface area (Å²) in [6, 6.07) is 3.52. The van der Waals surface area contributed by atoms with Crippen LogP contribution in [0.25, 0.3) is 0 Å². The molecule has 1 aromatic rings. The van der Waals surface area contributed by atoms with Gasteiger partial charge in [-0.25, -0.2) is 8.78 Å². The molecule has 0 saturated heterocycles. The van der Waals surface area contributed by atoms with E-state index in [1.54, 1.807) is 0 Å². The van der Waals surface area contributed by atoms with Gasteiger partial charge in [0.25, 0.3) is 0 Å². The number of hydrogen-bond acceptors (Lipinski definition) is 2. The molecule has 1 aromatic carbocycles. The van der Waals surface area contributed by atoms with Crippen molar-refractivity contribution in [3.8, 4) is 0 Å². The van der Waals surface area contributed by atoms with Crippen LogP contribution in [-0.2, 0) is 11.2 Å². The highest BCUT2D eigenvalue weighted by atomic mass is 19.1. The Labute approximate surface area is 107 Å². The second kappa shape index (κ2) is 7.44. The summed E-state index contributed by atoms with van der Waals surface area (Å²) >= 11 is 0. The van der Waals surface area contributed by atoms with E-state index < -0.39 is 5.82 Å². The molecule has 4 heteroatoms. The molecule has 2 atom stereocenters. The van der Waals surface area contributed by atoms with E-state index in [1.165, 1.54) is 12.1 Å². The van der Waals surface area contributed by atoms with Crippen molar-refractivity contribution < 1.29 is 13.5 Å². The molecule has 18 heavy (non-hydrogen) atoms. The van der Waals surface area contributed by atoms with Gasteiger partial charge in [0.1, 0.15) is 11.6 Å². The highest BCUT2D eigenvalue weighted by Gasteiger charge is 2.19. The van der Waals surface area contributed by atoms with Gasteiger partial charge in [0, 0.05) is 12.6 Å². The Morgan fingerprint density at radius 2 is 2.00 bits per heavy atom. The van der Waals surface area contributed by atoms with Crippen LogP contribution in [0.2, 0.25) is 0 Å². The fourth-order valence-electron chi connectivity index (χ4n) is 1.98. The maximum atomic E-state index is 13.6. The van der Waals surface area contributed by atoms with E-state index in [2.05, 4.69) is 5.32 Å². The molecule has 0 spiro atoms. The number of hydrogen-bond donors (Lipinski definition) is 1. The summed E-state index contributed by atoms with van der Waals surface area (Å²) in [5.74, 6) is -0.784. The smallest absolute Gasteiger partial charge is 0.126 e. The number of likely N-dealkylation sites (N-methyl/N-ethyl adjacent to an activating group) is 1. The molecule has 2 unspecified atom stereocenters. The van der Waals surface area contributed by atoms with Gasteiger partial charge in [0.15, 0.2) is 0 Å². The zero-order valence-electron chi connectivity index (χ0n) is 11.2. The van der Waals surface area contributed by atoms with Gasteiger partial charge in [-0.3, -0.25) is 0 Å². The molecule has 0 saturated carbocycles. The maximum absolute atomic E-state index is 13.6. The van der Waals surface area contributed by atoms with E-state index in [-0.39, 0.29) is 18.0 Å².